The molecule has 0 atom stereocenters. The lowest BCUT2D eigenvalue weighted by Gasteiger charge is -2.29. The highest BCUT2D eigenvalue weighted by atomic mass is 32.1. The highest BCUT2D eigenvalue weighted by Crippen LogP contribution is 2.26. The van der Waals surface area contributed by atoms with Crippen LogP contribution in [0, 0.1) is 13.8 Å². The third-order valence-corrected chi connectivity index (χ3v) is 5.13. The van der Waals surface area contributed by atoms with Crippen LogP contribution < -0.4 is 15.0 Å². The summed E-state index contributed by atoms with van der Waals surface area (Å²) in [5.41, 5.74) is 3.32. The van der Waals surface area contributed by atoms with Gasteiger partial charge in [-0.15, -0.1) is 0 Å². The van der Waals surface area contributed by atoms with Gasteiger partial charge in [0.05, 0.1) is 19.4 Å². The van der Waals surface area contributed by atoms with Gasteiger partial charge >= 0.3 is 0 Å². The number of anilines is 1. The molecule has 152 valence electrons. The molecule has 1 N–H and O–H groups in total. The molecule has 0 radical (unpaired) electrons. The first-order valence-corrected chi connectivity index (χ1v) is 9.49. The Kier molecular flexibility index (Phi) is 6.14. The standard InChI is InChI=1S/C21H23N3O4S/c1-13-10-15(14(2)23(13)8-9-27-3)11-18-19(25)22-21(29)24(20(18)26)16-6-5-7-17(12-16)28-4/h5-7,10-12H,8-9H2,1-4H3,(H,22,25,29). The van der Waals surface area contributed by atoms with Crippen LogP contribution in [0.25, 0.3) is 6.08 Å². The number of carbonyl (C=O) groups excluding carboxylic acids is 2. The van der Waals surface area contributed by atoms with E-state index >= 15 is 0 Å². The molecule has 8 heteroatoms. The number of rotatable bonds is 6. The number of thiocarbonyl (C=S) groups is 1. The second-order valence-electron chi connectivity index (χ2n) is 6.63. The normalized spacial score (nSPS) is 15.8. The number of amides is 2. The third-order valence-electron chi connectivity index (χ3n) is 4.84. The number of aryl methyl sites for hydroxylation is 1. The summed E-state index contributed by atoms with van der Waals surface area (Å²) in [7, 11) is 3.19. The zero-order chi connectivity index (χ0) is 21.1. The molecule has 3 rings (SSSR count). The number of aromatic nitrogens is 1. The summed E-state index contributed by atoms with van der Waals surface area (Å²) in [5, 5.41) is 2.64. The fourth-order valence-corrected chi connectivity index (χ4v) is 3.58. The number of ether oxygens (including phenoxy) is 2. The van der Waals surface area contributed by atoms with Gasteiger partial charge in [-0.3, -0.25) is 19.8 Å². The molecular formula is C21H23N3O4S. The van der Waals surface area contributed by atoms with Crippen molar-refractivity contribution in [1.82, 2.24) is 9.88 Å². The number of methoxy groups -OCH3 is 2. The van der Waals surface area contributed by atoms with Crippen molar-refractivity contribution < 1.29 is 19.1 Å². The van der Waals surface area contributed by atoms with Crippen LogP contribution in [-0.2, 0) is 20.9 Å². The molecule has 0 bridgehead atoms. The van der Waals surface area contributed by atoms with E-state index in [1.54, 1.807) is 44.6 Å². The Balaban J connectivity index is 2.00. The fraction of sp³-hybridized carbons (Fsp3) is 0.286. The molecule has 0 spiro atoms. The van der Waals surface area contributed by atoms with E-state index in [0.29, 0.717) is 24.6 Å². The van der Waals surface area contributed by atoms with E-state index in [1.807, 2.05) is 19.9 Å². The first-order chi connectivity index (χ1) is 13.9. The molecule has 2 heterocycles. The molecule has 0 aliphatic carbocycles. The SMILES string of the molecule is COCCn1c(C)cc(C=C2C(=O)NC(=S)N(c3cccc(OC)c3)C2=O)c1C. The Labute approximate surface area is 174 Å². The van der Waals surface area contributed by atoms with Gasteiger partial charge in [0.2, 0.25) is 0 Å². The summed E-state index contributed by atoms with van der Waals surface area (Å²) < 4.78 is 12.5. The van der Waals surface area contributed by atoms with Crippen molar-refractivity contribution in [3.8, 4) is 5.75 Å². The number of hydrogen-bond donors (Lipinski definition) is 1. The van der Waals surface area contributed by atoms with E-state index in [4.69, 9.17) is 21.7 Å². The molecule has 0 saturated carbocycles. The van der Waals surface area contributed by atoms with E-state index in [9.17, 15) is 9.59 Å². The van der Waals surface area contributed by atoms with Gasteiger partial charge in [0.25, 0.3) is 11.8 Å². The van der Waals surface area contributed by atoms with Crippen molar-refractivity contribution in [2.75, 3.05) is 25.7 Å². The quantitative estimate of drug-likeness (QED) is 0.448. The van der Waals surface area contributed by atoms with Crippen molar-refractivity contribution in [2.45, 2.75) is 20.4 Å². The van der Waals surface area contributed by atoms with Crippen molar-refractivity contribution in [3.05, 3.63) is 52.9 Å². The molecule has 1 aliphatic rings. The first-order valence-electron chi connectivity index (χ1n) is 9.08. The largest absolute Gasteiger partial charge is 0.497 e. The predicted molar refractivity (Wildman–Crippen MR) is 115 cm³/mol. The smallest absolute Gasteiger partial charge is 0.270 e. The van der Waals surface area contributed by atoms with E-state index < -0.39 is 11.8 Å². The zero-order valence-electron chi connectivity index (χ0n) is 16.8. The maximum Gasteiger partial charge on any atom is 0.270 e. The Morgan fingerprint density at radius 3 is 2.62 bits per heavy atom. The molecule has 0 unspecified atom stereocenters. The molecule has 1 aromatic carbocycles. The second kappa shape index (κ2) is 8.59. The Morgan fingerprint density at radius 1 is 1.17 bits per heavy atom. The average molecular weight is 413 g/mol. The number of benzene rings is 1. The fourth-order valence-electron chi connectivity index (χ4n) is 3.30. The zero-order valence-corrected chi connectivity index (χ0v) is 17.6. The molecule has 1 fully saturated rings. The lowest BCUT2D eigenvalue weighted by atomic mass is 10.1. The van der Waals surface area contributed by atoms with Crippen LogP contribution >= 0.6 is 12.2 Å². The van der Waals surface area contributed by atoms with E-state index in [1.165, 1.54) is 4.90 Å². The van der Waals surface area contributed by atoms with Crippen LogP contribution in [0.15, 0.2) is 35.9 Å². The minimum Gasteiger partial charge on any atom is -0.497 e. The van der Waals surface area contributed by atoms with Crippen molar-refractivity contribution in [1.29, 1.82) is 0 Å². The van der Waals surface area contributed by atoms with Gasteiger partial charge in [0.1, 0.15) is 11.3 Å². The van der Waals surface area contributed by atoms with E-state index in [0.717, 1.165) is 17.0 Å². The molecule has 2 aromatic rings. The summed E-state index contributed by atoms with van der Waals surface area (Å²) in [6, 6.07) is 8.90. The van der Waals surface area contributed by atoms with Gasteiger partial charge in [0.15, 0.2) is 5.11 Å². The lowest BCUT2D eigenvalue weighted by molar-refractivity contribution is -0.122. The monoisotopic (exact) mass is 413 g/mol. The third kappa shape index (κ3) is 4.08. The average Bonchev–Trinajstić information content (AvgIpc) is 2.96. The lowest BCUT2D eigenvalue weighted by Crippen LogP contribution is -2.54. The molecule has 1 aromatic heterocycles. The van der Waals surface area contributed by atoms with E-state index in [2.05, 4.69) is 9.88 Å². The molecular weight excluding hydrogens is 390 g/mol. The minimum atomic E-state index is -0.513. The molecule has 1 saturated heterocycles. The van der Waals surface area contributed by atoms with Gasteiger partial charge in [0, 0.05) is 31.1 Å². The second-order valence-corrected chi connectivity index (χ2v) is 7.02. The Bertz CT molecular complexity index is 1010. The van der Waals surface area contributed by atoms with Crippen LogP contribution in [0.1, 0.15) is 17.0 Å². The van der Waals surface area contributed by atoms with Gasteiger partial charge in [-0.05, 0) is 55.9 Å². The van der Waals surface area contributed by atoms with E-state index in [-0.39, 0.29) is 10.7 Å². The van der Waals surface area contributed by atoms with Crippen LogP contribution in [0.3, 0.4) is 0 Å². The Hall–Kier alpha value is -2.97. The molecule has 29 heavy (non-hydrogen) atoms. The maximum absolute atomic E-state index is 13.2. The molecule has 7 nitrogen and oxygen atoms in total. The van der Waals surface area contributed by atoms with Gasteiger partial charge in [-0.2, -0.15) is 0 Å². The number of hydrogen-bond acceptors (Lipinski definition) is 5. The van der Waals surface area contributed by atoms with Crippen molar-refractivity contribution in [3.63, 3.8) is 0 Å². The van der Waals surface area contributed by atoms with Crippen LogP contribution in [0.5, 0.6) is 5.75 Å². The van der Waals surface area contributed by atoms with Gasteiger partial charge < -0.3 is 14.0 Å². The first kappa shape index (κ1) is 20.8. The van der Waals surface area contributed by atoms with Crippen LogP contribution in [0.2, 0.25) is 0 Å². The number of nitrogens with one attached hydrogen (secondary N) is 1. The minimum absolute atomic E-state index is 0.0217. The number of nitrogens with zero attached hydrogens (tertiary/aromatic N) is 2. The van der Waals surface area contributed by atoms with Crippen LogP contribution in [0.4, 0.5) is 5.69 Å². The summed E-state index contributed by atoms with van der Waals surface area (Å²) >= 11 is 5.25. The topological polar surface area (TPSA) is 72.8 Å². The summed E-state index contributed by atoms with van der Waals surface area (Å²) in [6.45, 7) is 5.19. The maximum atomic E-state index is 13.2. The summed E-state index contributed by atoms with van der Waals surface area (Å²) in [5.74, 6) is -0.406. The molecule has 1 aliphatic heterocycles. The highest BCUT2D eigenvalue weighted by Gasteiger charge is 2.34. The number of carbonyl (C=O) groups is 2. The summed E-state index contributed by atoms with van der Waals surface area (Å²) in [4.78, 5) is 27.0. The predicted octanol–water partition coefficient (Wildman–Crippen LogP) is 2.59. The summed E-state index contributed by atoms with van der Waals surface area (Å²) in [6.07, 6.45) is 1.61. The molecule has 2 amide bonds. The van der Waals surface area contributed by atoms with Gasteiger partial charge in [-0.1, -0.05) is 6.07 Å². The highest BCUT2D eigenvalue weighted by molar-refractivity contribution is 7.80. The van der Waals surface area contributed by atoms with Crippen LogP contribution in [-0.4, -0.2) is 42.3 Å². The van der Waals surface area contributed by atoms with Crippen molar-refractivity contribution >= 4 is 40.9 Å². The van der Waals surface area contributed by atoms with Gasteiger partial charge in [-0.25, -0.2) is 0 Å². The Morgan fingerprint density at radius 2 is 1.93 bits per heavy atom. The van der Waals surface area contributed by atoms with Crippen molar-refractivity contribution in [2.24, 2.45) is 0 Å².